The third-order valence-electron chi connectivity index (χ3n) is 3.62. The first-order chi connectivity index (χ1) is 10.7. The Morgan fingerprint density at radius 1 is 1.09 bits per heavy atom. The molecule has 0 saturated heterocycles. The van der Waals surface area contributed by atoms with Crippen molar-refractivity contribution in [2.75, 3.05) is 0 Å². The number of aromatic nitrogens is 3. The van der Waals surface area contributed by atoms with Gasteiger partial charge >= 0.3 is 6.18 Å². The molecule has 4 nitrogen and oxygen atoms in total. The van der Waals surface area contributed by atoms with Crippen LogP contribution in [0.2, 0.25) is 0 Å². The molecule has 1 atom stereocenters. The van der Waals surface area contributed by atoms with E-state index in [1.165, 1.54) is 35.3 Å². The van der Waals surface area contributed by atoms with Gasteiger partial charge in [-0.1, -0.05) is 0 Å². The molecule has 0 aliphatic rings. The number of hydrogen-bond acceptors (Lipinski definition) is 3. The minimum absolute atomic E-state index is 0.188. The molecular weight excluding hydrogens is 314 g/mol. The Balaban J connectivity index is 2.14. The van der Waals surface area contributed by atoms with Gasteiger partial charge in [-0.15, -0.1) is 0 Å². The summed E-state index contributed by atoms with van der Waals surface area (Å²) in [6, 6.07) is 5.11. The molecule has 2 heterocycles. The van der Waals surface area contributed by atoms with Crippen molar-refractivity contribution in [1.29, 1.82) is 0 Å². The third kappa shape index (κ3) is 2.55. The number of halogens is 4. The SMILES string of the molecule is CC(O)(c1cncc(-n2ncc3ccc(F)cc32)c1)C(F)(F)F. The lowest BCUT2D eigenvalue weighted by molar-refractivity contribution is -0.259. The average Bonchev–Trinajstić information content (AvgIpc) is 2.89. The number of rotatable bonds is 2. The van der Waals surface area contributed by atoms with Crippen molar-refractivity contribution < 1.29 is 22.7 Å². The molecule has 0 aliphatic carbocycles. The minimum atomic E-state index is -4.86. The minimum Gasteiger partial charge on any atom is -0.376 e. The van der Waals surface area contributed by atoms with Gasteiger partial charge in [0.2, 0.25) is 0 Å². The van der Waals surface area contributed by atoms with Crippen LogP contribution < -0.4 is 0 Å². The van der Waals surface area contributed by atoms with Crippen molar-refractivity contribution >= 4 is 10.9 Å². The Morgan fingerprint density at radius 2 is 1.83 bits per heavy atom. The standard InChI is InChI=1S/C15H11F4N3O/c1-14(23,15(17,18)19)10-4-12(8-20-7-10)22-13-5-11(16)3-2-9(13)6-21-22/h2-8,23H,1H3. The summed E-state index contributed by atoms with van der Waals surface area (Å²) in [5, 5.41) is 14.4. The van der Waals surface area contributed by atoms with Crippen LogP contribution in [0.15, 0.2) is 42.9 Å². The maximum Gasteiger partial charge on any atom is 0.421 e. The molecule has 8 heteroatoms. The van der Waals surface area contributed by atoms with Gasteiger partial charge in [0.1, 0.15) is 5.82 Å². The molecule has 0 bridgehead atoms. The zero-order chi connectivity index (χ0) is 16.8. The first kappa shape index (κ1) is 15.4. The molecule has 3 aromatic rings. The van der Waals surface area contributed by atoms with E-state index in [1.54, 1.807) is 0 Å². The highest BCUT2D eigenvalue weighted by Gasteiger charge is 2.51. The molecule has 1 aromatic carbocycles. The molecule has 0 saturated carbocycles. The van der Waals surface area contributed by atoms with E-state index in [0.717, 1.165) is 12.3 Å². The van der Waals surface area contributed by atoms with Gasteiger partial charge in [-0.3, -0.25) is 4.98 Å². The van der Waals surface area contributed by atoms with Gasteiger partial charge in [0, 0.05) is 23.2 Å². The van der Waals surface area contributed by atoms with E-state index >= 15 is 0 Å². The molecule has 2 aromatic heterocycles. The second-order valence-corrected chi connectivity index (χ2v) is 5.26. The summed E-state index contributed by atoms with van der Waals surface area (Å²) in [6.45, 7) is 0.647. The third-order valence-corrected chi connectivity index (χ3v) is 3.62. The summed E-state index contributed by atoms with van der Waals surface area (Å²) in [6.07, 6.45) is -1.18. The number of fused-ring (bicyclic) bond motifs is 1. The molecule has 1 unspecified atom stereocenters. The lowest BCUT2D eigenvalue weighted by atomic mass is 9.97. The highest BCUT2D eigenvalue weighted by molar-refractivity contribution is 5.80. The fourth-order valence-corrected chi connectivity index (χ4v) is 2.17. The van der Waals surface area contributed by atoms with Crippen molar-refractivity contribution in [3.8, 4) is 5.69 Å². The summed E-state index contributed by atoms with van der Waals surface area (Å²) in [5.74, 6) is -0.495. The molecule has 23 heavy (non-hydrogen) atoms. The molecule has 0 amide bonds. The van der Waals surface area contributed by atoms with Crippen molar-refractivity contribution in [2.45, 2.75) is 18.7 Å². The fourth-order valence-electron chi connectivity index (χ4n) is 2.17. The number of pyridine rings is 1. The van der Waals surface area contributed by atoms with E-state index in [0.29, 0.717) is 17.8 Å². The van der Waals surface area contributed by atoms with Crippen LogP contribution in [0.25, 0.3) is 16.6 Å². The van der Waals surface area contributed by atoms with E-state index in [1.807, 2.05) is 0 Å². The molecule has 0 fully saturated rings. The van der Waals surface area contributed by atoms with Gasteiger partial charge in [0.25, 0.3) is 0 Å². The zero-order valence-corrected chi connectivity index (χ0v) is 11.8. The van der Waals surface area contributed by atoms with Crippen LogP contribution in [-0.2, 0) is 5.60 Å². The second-order valence-electron chi connectivity index (χ2n) is 5.26. The van der Waals surface area contributed by atoms with E-state index < -0.39 is 23.2 Å². The summed E-state index contributed by atoms with van der Waals surface area (Å²) >= 11 is 0. The van der Waals surface area contributed by atoms with Crippen molar-refractivity contribution in [2.24, 2.45) is 0 Å². The predicted molar refractivity (Wildman–Crippen MR) is 74.4 cm³/mol. The molecule has 0 aliphatic heterocycles. The second kappa shape index (κ2) is 5.02. The van der Waals surface area contributed by atoms with Gasteiger partial charge in [0.15, 0.2) is 5.60 Å². The molecule has 0 radical (unpaired) electrons. The quantitative estimate of drug-likeness (QED) is 0.735. The Hall–Kier alpha value is -2.48. The van der Waals surface area contributed by atoms with E-state index in [-0.39, 0.29) is 5.69 Å². The van der Waals surface area contributed by atoms with Crippen LogP contribution in [0.5, 0.6) is 0 Å². The summed E-state index contributed by atoms with van der Waals surface area (Å²) in [4.78, 5) is 3.74. The van der Waals surface area contributed by atoms with Gasteiger partial charge in [-0.2, -0.15) is 18.3 Å². The maximum atomic E-state index is 13.4. The van der Waals surface area contributed by atoms with Gasteiger partial charge in [0.05, 0.1) is 23.6 Å². The zero-order valence-electron chi connectivity index (χ0n) is 11.8. The lowest BCUT2D eigenvalue weighted by Crippen LogP contribution is -2.39. The Kier molecular flexibility index (Phi) is 3.36. The summed E-state index contributed by atoms with van der Waals surface area (Å²) in [5.41, 5.74) is -2.91. The molecule has 120 valence electrons. The Morgan fingerprint density at radius 3 is 2.52 bits per heavy atom. The largest absolute Gasteiger partial charge is 0.421 e. The number of alkyl halides is 3. The van der Waals surface area contributed by atoms with Crippen molar-refractivity contribution in [3.05, 3.63) is 54.2 Å². The molecule has 3 rings (SSSR count). The van der Waals surface area contributed by atoms with E-state index in [2.05, 4.69) is 10.1 Å². The maximum absolute atomic E-state index is 13.4. The highest BCUT2D eigenvalue weighted by atomic mass is 19.4. The van der Waals surface area contributed by atoms with Gasteiger partial charge < -0.3 is 5.11 Å². The highest BCUT2D eigenvalue weighted by Crippen LogP contribution is 2.38. The van der Waals surface area contributed by atoms with Crippen LogP contribution in [0.3, 0.4) is 0 Å². The topological polar surface area (TPSA) is 50.9 Å². The normalized spacial score (nSPS) is 14.9. The van der Waals surface area contributed by atoms with Crippen molar-refractivity contribution in [1.82, 2.24) is 14.8 Å². The van der Waals surface area contributed by atoms with Crippen LogP contribution in [0.1, 0.15) is 12.5 Å². The average molecular weight is 325 g/mol. The fraction of sp³-hybridized carbons (Fsp3) is 0.200. The van der Waals surface area contributed by atoms with Crippen LogP contribution in [0, 0.1) is 5.82 Å². The number of nitrogens with zero attached hydrogens (tertiary/aromatic N) is 3. The Bertz CT molecular complexity index is 871. The van der Waals surface area contributed by atoms with Gasteiger partial charge in [-0.25, -0.2) is 9.07 Å². The van der Waals surface area contributed by atoms with Crippen LogP contribution in [0.4, 0.5) is 17.6 Å². The molecule has 1 N–H and O–H groups in total. The van der Waals surface area contributed by atoms with E-state index in [9.17, 15) is 22.7 Å². The Labute approximate surface area is 128 Å². The summed E-state index contributed by atoms with van der Waals surface area (Å²) < 4.78 is 53.5. The smallest absolute Gasteiger partial charge is 0.376 e. The summed E-state index contributed by atoms with van der Waals surface area (Å²) in [7, 11) is 0. The number of aliphatic hydroxyl groups is 1. The molecular formula is C15H11F4N3O. The molecule has 0 spiro atoms. The number of benzene rings is 1. The van der Waals surface area contributed by atoms with Crippen LogP contribution >= 0.6 is 0 Å². The van der Waals surface area contributed by atoms with Gasteiger partial charge in [-0.05, 0) is 25.1 Å². The monoisotopic (exact) mass is 325 g/mol. The predicted octanol–water partition coefficient (Wildman–Crippen LogP) is 3.33. The number of hydrogen-bond donors (Lipinski definition) is 1. The van der Waals surface area contributed by atoms with Crippen molar-refractivity contribution in [3.63, 3.8) is 0 Å². The van der Waals surface area contributed by atoms with E-state index in [4.69, 9.17) is 0 Å². The first-order valence-corrected chi connectivity index (χ1v) is 6.58. The first-order valence-electron chi connectivity index (χ1n) is 6.58. The van der Waals surface area contributed by atoms with Crippen LogP contribution in [-0.4, -0.2) is 26.0 Å². The lowest BCUT2D eigenvalue weighted by Gasteiger charge is -2.26.